The highest BCUT2D eigenvalue weighted by molar-refractivity contribution is 9.09. The van der Waals surface area contributed by atoms with Crippen LogP contribution < -0.4 is 0 Å². The molecule has 3 nitrogen and oxygen atoms in total. The average Bonchev–Trinajstić information content (AvgIpc) is 2.43. The van der Waals surface area contributed by atoms with Crippen LogP contribution in [0.25, 0.3) is 0 Å². The van der Waals surface area contributed by atoms with Crippen LogP contribution in [0.4, 0.5) is 57.1 Å². The summed E-state index contributed by atoms with van der Waals surface area (Å²) in [5.74, 6) is -38.0. The molecule has 0 saturated carbocycles. The first kappa shape index (κ1) is 28.2. The molecule has 1 unspecified atom stereocenters. The third kappa shape index (κ3) is 4.89. The predicted octanol–water partition coefficient (Wildman–Crippen LogP) is 4.57. The van der Waals surface area contributed by atoms with E-state index in [0.29, 0.717) is 0 Å². The molecule has 1 atom stereocenters. The van der Waals surface area contributed by atoms with Crippen molar-refractivity contribution in [2.24, 2.45) is 0 Å². The van der Waals surface area contributed by atoms with E-state index in [2.05, 4.69) is 0 Å². The van der Waals surface area contributed by atoms with Crippen LogP contribution in [0.2, 0.25) is 0 Å². The quantitative estimate of drug-likeness (QED) is 0.413. The van der Waals surface area contributed by atoms with Gasteiger partial charge >= 0.3 is 35.8 Å². The van der Waals surface area contributed by atoms with Crippen molar-refractivity contribution in [2.45, 2.75) is 47.5 Å². The van der Waals surface area contributed by atoms with Crippen LogP contribution in [0.5, 0.6) is 0 Å². The van der Waals surface area contributed by atoms with Crippen LogP contribution in [0, 0.1) is 0 Å². The molecule has 0 aromatic heterocycles. The summed E-state index contributed by atoms with van der Waals surface area (Å²) >= 11 is 1.52. The van der Waals surface area contributed by atoms with Gasteiger partial charge < -0.3 is 10.2 Å². The van der Waals surface area contributed by atoms with Gasteiger partial charge in [0.1, 0.15) is 4.83 Å². The fourth-order valence-electron chi connectivity index (χ4n) is 1.09. The van der Waals surface area contributed by atoms with Crippen molar-refractivity contribution in [1.29, 1.82) is 0 Å². The Morgan fingerprint density at radius 1 is 0.778 bits per heavy atom. The first-order valence-electron chi connectivity index (χ1n) is 5.87. The van der Waals surface area contributed by atoms with E-state index in [9.17, 15) is 57.1 Å². The molecule has 0 aromatic carbocycles. The lowest BCUT2D eigenvalue weighted by molar-refractivity contribution is -0.439. The Hall–Kier alpha value is -1.00. The molecule has 2 N–H and O–H groups in total. The van der Waals surface area contributed by atoms with Crippen molar-refractivity contribution >= 4 is 21.9 Å². The van der Waals surface area contributed by atoms with Crippen LogP contribution in [-0.2, 0) is 4.79 Å². The number of carboxylic acid groups (broad SMARTS) is 1. The fourth-order valence-corrected chi connectivity index (χ4v) is 1.38. The van der Waals surface area contributed by atoms with E-state index in [1.54, 1.807) is 0 Å². The normalized spacial score (nSPS) is 15.7. The molecular weight excluding hydrogens is 495 g/mol. The first-order chi connectivity index (χ1) is 11.5. The summed E-state index contributed by atoms with van der Waals surface area (Å²) in [4.78, 5) is 5.66. The van der Waals surface area contributed by atoms with Gasteiger partial charge in [0.15, 0.2) is 0 Å². The molecule has 0 amide bonds. The Bertz CT molecular complexity index is 513. The largest absolute Gasteiger partial charge is 0.481 e. The maximum Gasteiger partial charge on any atom is 0.460 e. The van der Waals surface area contributed by atoms with E-state index < -0.39 is 53.2 Å². The molecule has 0 aliphatic carbocycles. The third-order valence-electron chi connectivity index (χ3n) is 2.51. The molecule has 0 aliphatic heterocycles. The van der Waals surface area contributed by atoms with Gasteiger partial charge in [-0.25, -0.2) is 0 Å². The van der Waals surface area contributed by atoms with E-state index in [-0.39, 0.29) is 0 Å². The summed E-state index contributed by atoms with van der Waals surface area (Å²) in [5, 5.41) is 15.6. The summed E-state index contributed by atoms with van der Waals surface area (Å²) in [6, 6.07) is 0. The molecule has 0 aromatic rings. The first-order valence-corrected chi connectivity index (χ1v) is 6.78. The Morgan fingerprint density at radius 2 is 1.04 bits per heavy atom. The molecule has 0 bridgehead atoms. The second-order valence-electron chi connectivity index (χ2n) is 4.59. The second kappa shape index (κ2) is 8.16. The minimum atomic E-state index is -7.92. The van der Waals surface area contributed by atoms with E-state index in [1.165, 1.54) is 15.9 Å². The predicted molar refractivity (Wildman–Crippen MR) is 63.9 cm³/mol. The van der Waals surface area contributed by atoms with Gasteiger partial charge in [0.25, 0.3) is 5.97 Å². The van der Waals surface area contributed by atoms with Crippen molar-refractivity contribution in [3.8, 4) is 0 Å². The number of aliphatic hydroxyl groups excluding tert-OH is 1. The molecule has 0 radical (unpaired) electrons. The smallest absolute Gasteiger partial charge is 0.460 e. The Morgan fingerprint density at radius 3 is 1.26 bits per heavy atom. The molecule has 0 aliphatic rings. The van der Waals surface area contributed by atoms with E-state index in [4.69, 9.17) is 15.0 Å². The zero-order valence-corrected chi connectivity index (χ0v) is 14.0. The van der Waals surface area contributed by atoms with Crippen molar-refractivity contribution in [3.05, 3.63) is 0 Å². The minimum absolute atomic E-state index is 0.833. The number of alkyl halides is 14. The van der Waals surface area contributed by atoms with Crippen LogP contribution in [0.3, 0.4) is 0 Å². The van der Waals surface area contributed by atoms with E-state index in [1.807, 2.05) is 0 Å². The highest BCUT2D eigenvalue weighted by atomic mass is 79.9. The molecular formula is C10H8BrF13O3. The minimum Gasteiger partial charge on any atom is -0.481 e. The van der Waals surface area contributed by atoms with Crippen molar-refractivity contribution in [2.75, 3.05) is 6.61 Å². The topological polar surface area (TPSA) is 57.5 Å². The summed E-state index contributed by atoms with van der Waals surface area (Å²) in [5.41, 5.74) is 0. The van der Waals surface area contributed by atoms with Crippen molar-refractivity contribution < 1.29 is 72.1 Å². The zero-order chi connectivity index (χ0) is 22.9. The molecule has 0 spiro atoms. The van der Waals surface area contributed by atoms with Crippen LogP contribution in [-0.4, -0.2) is 63.4 Å². The lowest BCUT2D eigenvalue weighted by atomic mass is 9.93. The van der Waals surface area contributed by atoms with Gasteiger partial charge in [-0.05, 0) is 0 Å². The van der Waals surface area contributed by atoms with Crippen LogP contribution in [0.1, 0.15) is 6.92 Å². The van der Waals surface area contributed by atoms with Gasteiger partial charge in [-0.15, -0.1) is 0 Å². The summed E-state index contributed by atoms with van der Waals surface area (Å²) in [7, 11) is 0. The highest BCUT2D eigenvalue weighted by Gasteiger charge is 2.91. The van der Waals surface area contributed by atoms with Crippen molar-refractivity contribution in [1.82, 2.24) is 0 Å². The molecule has 0 heterocycles. The number of halogens is 14. The van der Waals surface area contributed by atoms with E-state index >= 15 is 0 Å². The summed E-state index contributed by atoms with van der Waals surface area (Å²) in [6.07, 6.45) is -7.43. The van der Waals surface area contributed by atoms with Gasteiger partial charge in [0.05, 0.1) is 6.61 Å². The molecule has 0 saturated heterocycles. The lowest BCUT2D eigenvalue weighted by Crippen LogP contribution is -2.71. The molecule has 0 fully saturated rings. The summed E-state index contributed by atoms with van der Waals surface area (Å²) in [6.45, 7) is -0.972. The lowest BCUT2D eigenvalue weighted by Gasteiger charge is -2.40. The van der Waals surface area contributed by atoms with Gasteiger partial charge in [0.2, 0.25) is 0 Å². The van der Waals surface area contributed by atoms with Gasteiger partial charge in [-0.2, -0.15) is 57.1 Å². The number of carbonyl (C=O) groups is 1. The fraction of sp³-hybridized carbons (Fsp3) is 0.900. The third-order valence-corrected chi connectivity index (χ3v) is 3.38. The maximum absolute atomic E-state index is 13.0. The Kier molecular flexibility index (Phi) is 8.53. The Balaban J connectivity index is 0. The van der Waals surface area contributed by atoms with Crippen LogP contribution in [0.15, 0.2) is 0 Å². The molecule has 27 heavy (non-hydrogen) atoms. The summed E-state index contributed by atoms with van der Waals surface area (Å²) < 4.78 is 163. The monoisotopic (exact) mass is 502 g/mol. The van der Waals surface area contributed by atoms with Gasteiger partial charge in [-0.3, -0.25) is 4.79 Å². The van der Waals surface area contributed by atoms with Crippen molar-refractivity contribution in [3.63, 3.8) is 0 Å². The number of rotatable bonds is 6. The number of hydrogen-bond acceptors (Lipinski definition) is 2. The number of aliphatic carboxylic acids is 1. The molecule has 17 heteroatoms. The Labute approximate surface area is 149 Å². The standard InChI is InChI=1S/C8H4BrF13O.C2H4O2/c9-2(1-23)3(10,11)4(12,13)5(14,15)6(16,17)7(18,19)8(20,21)22;1-2(3)4/h2,23H,1H2;1H3,(H,3,4). The van der Waals surface area contributed by atoms with Gasteiger partial charge in [-0.1, -0.05) is 15.9 Å². The highest BCUT2D eigenvalue weighted by Crippen LogP contribution is 2.61. The van der Waals surface area contributed by atoms with Crippen LogP contribution >= 0.6 is 15.9 Å². The number of aliphatic hydroxyl groups is 1. The van der Waals surface area contributed by atoms with E-state index in [0.717, 1.165) is 6.92 Å². The zero-order valence-electron chi connectivity index (χ0n) is 12.4. The molecule has 164 valence electrons. The van der Waals surface area contributed by atoms with Gasteiger partial charge in [0, 0.05) is 6.92 Å². The molecule has 0 rings (SSSR count). The number of carboxylic acids is 1. The number of hydrogen-bond donors (Lipinski definition) is 2. The second-order valence-corrected chi connectivity index (χ2v) is 5.69. The SMILES string of the molecule is CC(=O)O.OCC(Br)C(F)(F)C(F)(F)C(F)(F)C(F)(F)C(F)(F)C(F)(F)F. The maximum atomic E-state index is 13.0. The average molecular weight is 503 g/mol.